The third-order valence-electron chi connectivity index (χ3n) is 2.36. The molecule has 0 radical (unpaired) electrons. The van der Waals surface area contributed by atoms with E-state index in [1.165, 1.54) is 17.6 Å². The number of anilines is 1. The van der Waals surface area contributed by atoms with Crippen molar-refractivity contribution < 1.29 is 8.42 Å². The fraction of sp³-hybridized carbons (Fsp3) is 0.167. The first-order valence-electron chi connectivity index (χ1n) is 5.22. The van der Waals surface area contributed by atoms with Gasteiger partial charge in [-0.3, -0.25) is 0 Å². The average molecular weight is 302 g/mol. The highest BCUT2D eigenvalue weighted by Gasteiger charge is 2.12. The van der Waals surface area contributed by atoms with Gasteiger partial charge in [0.25, 0.3) is 0 Å². The van der Waals surface area contributed by atoms with Crippen LogP contribution in [0, 0.1) is 0 Å². The summed E-state index contributed by atoms with van der Waals surface area (Å²) in [6.07, 6.45) is 1.20. The molecule has 0 atom stereocenters. The van der Waals surface area contributed by atoms with Crippen LogP contribution in [0.5, 0.6) is 0 Å². The Bertz CT molecular complexity index is 650. The molecule has 0 unspecified atom stereocenters. The molecule has 0 fully saturated rings. The Morgan fingerprint density at radius 2 is 2.06 bits per heavy atom. The Hall–Kier alpha value is -1.04. The van der Waals surface area contributed by atoms with Crippen molar-refractivity contribution in [3.8, 4) is 0 Å². The fourth-order valence-corrected chi connectivity index (χ4v) is 3.44. The molecule has 18 heavy (non-hydrogen) atoms. The number of hydrogen-bond acceptors (Lipinski definition) is 4. The topological polar surface area (TPSA) is 46.2 Å². The molecular weight excluding hydrogens is 290 g/mol. The van der Waals surface area contributed by atoms with Gasteiger partial charge in [-0.2, -0.15) is 0 Å². The number of thiophene rings is 1. The molecule has 2 aromatic rings. The minimum Gasteiger partial charge on any atom is -0.379 e. The number of halogens is 1. The summed E-state index contributed by atoms with van der Waals surface area (Å²) >= 11 is 7.37. The molecule has 96 valence electrons. The predicted octanol–water partition coefficient (Wildman–Crippen LogP) is 3.42. The summed E-state index contributed by atoms with van der Waals surface area (Å²) in [5.41, 5.74) is 0.615. The first-order chi connectivity index (χ1) is 8.47. The van der Waals surface area contributed by atoms with Crippen LogP contribution in [-0.2, 0) is 16.4 Å². The second-order valence-corrected chi connectivity index (χ2v) is 7.27. The molecule has 3 nitrogen and oxygen atoms in total. The first-order valence-corrected chi connectivity index (χ1v) is 8.37. The van der Waals surface area contributed by atoms with Crippen molar-refractivity contribution >= 4 is 38.5 Å². The molecule has 0 saturated carbocycles. The van der Waals surface area contributed by atoms with Gasteiger partial charge in [0.2, 0.25) is 0 Å². The maximum absolute atomic E-state index is 11.6. The Morgan fingerprint density at radius 3 is 2.67 bits per heavy atom. The van der Waals surface area contributed by atoms with Crippen LogP contribution in [0.2, 0.25) is 5.02 Å². The van der Waals surface area contributed by atoms with Crippen molar-refractivity contribution in [1.29, 1.82) is 0 Å². The third-order valence-corrected chi connectivity index (χ3v) is 4.80. The van der Waals surface area contributed by atoms with E-state index in [1.54, 1.807) is 24.3 Å². The van der Waals surface area contributed by atoms with Crippen molar-refractivity contribution in [2.45, 2.75) is 11.4 Å². The van der Waals surface area contributed by atoms with E-state index in [0.717, 1.165) is 4.88 Å². The monoisotopic (exact) mass is 301 g/mol. The van der Waals surface area contributed by atoms with Crippen molar-refractivity contribution in [2.24, 2.45) is 0 Å². The summed E-state index contributed by atoms with van der Waals surface area (Å²) in [7, 11) is -3.22. The average Bonchev–Trinajstić information content (AvgIpc) is 2.72. The van der Waals surface area contributed by atoms with Gasteiger partial charge in [0, 0.05) is 23.1 Å². The first kappa shape index (κ1) is 13.4. The molecule has 1 N–H and O–H groups in total. The Labute approximate surface area is 115 Å². The molecule has 1 aromatic heterocycles. The lowest BCUT2D eigenvalue weighted by Crippen LogP contribution is -2.05. The lowest BCUT2D eigenvalue weighted by atomic mass is 10.3. The summed E-state index contributed by atoms with van der Waals surface area (Å²) in [5, 5.41) is 5.67. The van der Waals surface area contributed by atoms with E-state index in [4.69, 9.17) is 11.6 Å². The zero-order valence-corrected chi connectivity index (χ0v) is 12.1. The van der Waals surface area contributed by atoms with Crippen molar-refractivity contribution in [1.82, 2.24) is 0 Å². The van der Waals surface area contributed by atoms with E-state index in [-0.39, 0.29) is 0 Å². The molecule has 0 aliphatic carbocycles. The summed E-state index contributed by atoms with van der Waals surface area (Å²) in [4.78, 5) is 1.37. The summed E-state index contributed by atoms with van der Waals surface area (Å²) < 4.78 is 23.2. The largest absolute Gasteiger partial charge is 0.379 e. The number of rotatable bonds is 4. The summed E-state index contributed by atoms with van der Waals surface area (Å²) in [6, 6.07) is 8.73. The van der Waals surface area contributed by atoms with Gasteiger partial charge in [0.1, 0.15) is 0 Å². The molecule has 2 rings (SSSR count). The molecular formula is C12H12ClNO2S2. The zero-order valence-electron chi connectivity index (χ0n) is 9.68. The van der Waals surface area contributed by atoms with Crippen LogP contribution in [0.4, 0.5) is 5.69 Å². The van der Waals surface area contributed by atoms with E-state index in [9.17, 15) is 8.42 Å². The van der Waals surface area contributed by atoms with Crippen LogP contribution in [0.1, 0.15) is 4.88 Å². The van der Waals surface area contributed by atoms with Gasteiger partial charge in [-0.05, 0) is 18.2 Å². The van der Waals surface area contributed by atoms with Crippen LogP contribution >= 0.6 is 22.9 Å². The normalized spacial score (nSPS) is 11.4. The molecule has 0 saturated heterocycles. The van der Waals surface area contributed by atoms with Crippen LogP contribution in [-0.4, -0.2) is 14.7 Å². The Kier molecular flexibility index (Phi) is 3.94. The second kappa shape index (κ2) is 5.30. The fourth-order valence-electron chi connectivity index (χ4n) is 1.56. The predicted molar refractivity (Wildman–Crippen MR) is 76.2 cm³/mol. The molecule has 6 heteroatoms. The highest BCUT2D eigenvalue weighted by molar-refractivity contribution is 7.90. The molecule has 1 aromatic carbocycles. The maximum Gasteiger partial charge on any atom is 0.177 e. The van der Waals surface area contributed by atoms with Gasteiger partial charge >= 0.3 is 0 Å². The van der Waals surface area contributed by atoms with Gasteiger partial charge in [-0.1, -0.05) is 23.7 Å². The third kappa shape index (κ3) is 3.25. The second-order valence-electron chi connectivity index (χ2n) is 3.85. The molecule has 0 spiro atoms. The van der Waals surface area contributed by atoms with Crippen LogP contribution in [0.3, 0.4) is 0 Å². The van der Waals surface area contributed by atoms with Crippen molar-refractivity contribution in [3.05, 3.63) is 45.6 Å². The molecule has 0 bridgehead atoms. The number of sulfone groups is 1. The van der Waals surface area contributed by atoms with E-state index >= 15 is 0 Å². The minimum absolute atomic E-state index is 0.313. The highest BCUT2D eigenvalue weighted by Crippen LogP contribution is 2.23. The number of nitrogens with one attached hydrogen (secondary N) is 1. The van der Waals surface area contributed by atoms with Crippen LogP contribution in [0.15, 0.2) is 40.6 Å². The number of para-hydroxylation sites is 1. The lowest BCUT2D eigenvalue weighted by Gasteiger charge is -2.09. The number of benzene rings is 1. The summed E-state index contributed by atoms with van der Waals surface area (Å²) in [6.45, 7) is 0.559. The lowest BCUT2D eigenvalue weighted by molar-refractivity contribution is 0.602. The minimum atomic E-state index is -3.22. The van der Waals surface area contributed by atoms with Gasteiger partial charge in [-0.25, -0.2) is 8.42 Å². The number of hydrogen-bond donors (Lipinski definition) is 1. The van der Waals surface area contributed by atoms with E-state index in [2.05, 4.69) is 5.32 Å². The molecule has 1 heterocycles. The van der Waals surface area contributed by atoms with Gasteiger partial charge in [0.05, 0.1) is 15.6 Å². The molecule has 0 aliphatic rings. The van der Waals surface area contributed by atoms with E-state index in [1.807, 2.05) is 11.4 Å². The Morgan fingerprint density at radius 1 is 1.33 bits per heavy atom. The quantitative estimate of drug-likeness (QED) is 0.941. The van der Waals surface area contributed by atoms with Gasteiger partial charge in [-0.15, -0.1) is 11.3 Å². The highest BCUT2D eigenvalue weighted by atomic mass is 35.5. The molecule has 0 amide bonds. The standard InChI is InChI=1S/C12H12ClNO2S2/c1-18(15,16)12-5-3-2-4-11(12)14-7-10-6-9(13)8-17-10/h2-6,8,14H,7H2,1H3. The summed E-state index contributed by atoms with van der Waals surface area (Å²) in [5.74, 6) is 0. The Balaban J connectivity index is 2.20. The van der Waals surface area contributed by atoms with Crippen molar-refractivity contribution in [3.63, 3.8) is 0 Å². The molecule has 0 aliphatic heterocycles. The van der Waals surface area contributed by atoms with Crippen LogP contribution < -0.4 is 5.32 Å². The van der Waals surface area contributed by atoms with Crippen molar-refractivity contribution in [2.75, 3.05) is 11.6 Å². The smallest absolute Gasteiger partial charge is 0.177 e. The van der Waals surface area contributed by atoms with E-state index in [0.29, 0.717) is 22.2 Å². The zero-order chi connectivity index (χ0) is 13.2. The van der Waals surface area contributed by atoms with E-state index < -0.39 is 9.84 Å². The van der Waals surface area contributed by atoms with Gasteiger partial charge < -0.3 is 5.32 Å². The SMILES string of the molecule is CS(=O)(=O)c1ccccc1NCc1cc(Cl)cs1. The van der Waals surface area contributed by atoms with Crippen LogP contribution in [0.25, 0.3) is 0 Å². The maximum atomic E-state index is 11.6. The van der Waals surface area contributed by atoms with Gasteiger partial charge in [0.15, 0.2) is 9.84 Å².